The average Bonchev–Trinajstić information content (AvgIpc) is 3.73. The molecule has 2 saturated heterocycles. The van der Waals surface area contributed by atoms with E-state index in [-0.39, 0.29) is 17.7 Å². The first-order valence-electron chi connectivity index (χ1n) is 21.5. The minimum Gasteiger partial charge on any atom is -0.463 e. The van der Waals surface area contributed by atoms with E-state index in [1.807, 2.05) is 0 Å². The van der Waals surface area contributed by atoms with Gasteiger partial charge in [-0.2, -0.15) is 9.97 Å². The maximum atomic E-state index is 12.8. The first kappa shape index (κ1) is 49.8. The Hall–Kier alpha value is -6.66. The molecule has 0 amide bonds. The summed E-state index contributed by atoms with van der Waals surface area (Å²) < 4.78 is 63.6. The molecule has 0 spiro atoms. The van der Waals surface area contributed by atoms with Crippen molar-refractivity contribution in [2.45, 2.75) is 148 Å². The monoisotopic (exact) mass is 942 g/mol. The maximum absolute atomic E-state index is 12.8. The second-order valence-electron chi connectivity index (χ2n) is 15.9. The average molecular weight is 943 g/mol. The van der Waals surface area contributed by atoms with Crippen molar-refractivity contribution >= 4 is 70.4 Å². The number of anilines is 3. The summed E-state index contributed by atoms with van der Waals surface area (Å²) in [5.41, 5.74) is 1.69. The van der Waals surface area contributed by atoms with Gasteiger partial charge in [0.1, 0.15) is 42.8 Å². The lowest BCUT2D eigenvalue weighted by molar-refractivity contribution is -0.354. The Balaban J connectivity index is 1.30. The number of H-pyrrole nitrogens is 1. The third kappa shape index (κ3) is 13.7. The van der Waals surface area contributed by atoms with Crippen LogP contribution in [0.1, 0.15) is 80.6 Å². The Morgan fingerprint density at radius 2 is 1.12 bits per heavy atom. The van der Waals surface area contributed by atoms with Gasteiger partial charge in [0.15, 0.2) is 42.2 Å². The lowest BCUT2D eigenvalue weighted by atomic mass is 9.95. The van der Waals surface area contributed by atoms with Gasteiger partial charge in [0.2, 0.25) is 18.3 Å². The minimum atomic E-state index is -1.83. The molecule has 3 fully saturated rings. The molecule has 4 heterocycles. The van der Waals surface area contributed by atoms with Crippen LogP contribution in [0.5, 0.6) is 5.75 Å². The number of esters is 7. The van der Waals surface area contributed by atoms with Crippen molar-refractivity contribution in [2.75, 3.05) is 23.8 Å². The molecule has 10 atom stereocenters. The Kier molecular flexibility index (Phi) is 16.9. The predicted molar refractivity (Wildman–Crippen MR) is 226 cm³/mol. The Bertz CT molecular complexity index is 2250. The fraction of sp³-hybridized carbons (Fsp3) is 0.581. The van der Waals surface area contributed by atoms with E-state index >= 15 is 0 Å². The molecule has 0 bridgehead atoms. The summed E-state index contributed by atoms with van der Waals surface area (Å²) in [5.74, 6) is -4.92. The van der Waals surface area contributed by atoms with E-state index in [1.165, 1.54) is 6.42 Å². The zero-order chi connectivity index (χ0) is 48.4. The number of benzene rings is 1. The standard InChI is InChI=1S/C43H54N6O18/c1-20(50)57-17-30-33(59-22(3)52)35(60-23(4)53)38(63-26(7)56)42(66-30)67-34-31(18-58-21(2)51)65-41(37(62-25(6)55)36(34)61-24(5)54)64-29-15-13-28(14-16-29)47-43-48-39-32(44-19-45-39)40(49-43)46-27-11-9-8-10-12-27/h13-16,19,27,30-31,33-38,41-42H,8-12,17-18H2,1-7H3,(H3,44,45,46,47,48,49)/t30-,31-,33+,34-,35+,36+,37-,38-,41-,42+/m1/s1. The largest absolute Gasteiger partial charge is 0.463 e. The van der Waals surface area contributed by atoms with E-state index in [9.17, 15) is 33.6 Å². The summed E-state index contributed by atoms with van der Waals surface area (Å²) in [6, 6.07) is 6.70. The molecular formula is C43H54N6O18. The summed E-state index contributed by atoms with van der Waals surface area (Å²) in [6.45, 7) is 6.33. The molecule has 3 N–H and O–H groups in total. The fourth-order valence-electron chi connectivity index (χ4n) is 7.88. The number of aromatic nitrogens is 4. The topological polar surface area (TPSA) is 300 Å². The lowest BCUT2D eigenvalue weighted by Crippen LogP contribution is -2.67. The van der Waals surface area contributed by atoms with Gasteiger partial charge in [-0.3, -0.25) is 33.6 Å². The summed E-state index contributed by atoms with van der Waals surface area (Å²) in [7, 11) is 0. The predicted octanol–water partition coefficient (Wildman–Crippen LogP) is 2.84. The number of nitrogens with zero attached hydrogens (tertiary/aromatic N) is 3. The van der Waals surface area contributed by atoms with E-state index in [0.29, 0.717) is 22.7 Å². The molecule has 364 valence electrons. The van der Waals surface area contributed by atoms with Gasteiger partial charge >= 0.3 is 41.8 Å². The molecular weight excluding hydrogens is 888 g/mol. The second-order valence-corrected chi connectivity index (χ2v) is 15.9. The highest BCUT2D eigenvalue weighted by Gasteiger charge is 2.58. The number of nitrogens with one attached hydrogen (secondary N) is 3. The quantitative estimate of drug-likeness (QED) is 0.129. The Morgan fingerprint density at radius 1 is 0.612 bits per heavy atom. The molecule has 1 aromatic carbocycles. The van der Waals surface area contributed by atoms with Crippen LogP contribution in [0.25, 0.3) is 11.2 Å². The number of aromatic amines is 1. The number of ether oxygens (including phenoxy) is 11. The van der Waals surface area contributed by atoms with Crippen LogP contribution < -0.4 is 15.4 Å². The number of imidazole rings is 1. The first-order valence-corrected chi connectivity index (χ1v) is 21.5. The van der Waals surface area contributed by atoms with Crippen LogP contribution in [-0.4, -0.2) is 142 Å². The SMILES string of the molecule is CC(=O)OC[C@H]1O[C@@H](O[C@H]2[C@H](OC(C)=O)[C@@H](OC(C)=O)[C@H](Oc3ccc(Nc4nc(NC5CCCCC5)c5[nH]cnc5n4)cc3)O[C@@H]2COC(C)=O)[C@H](OC(C)=O)[C@@H](OC(C)=O)[C@H]1OC(C)=O. The van der Waals surface area contributed by atoms with Crippen molar-refractivity contribution in [3.63, 3.8) is 0 Å². The van der Waals surface area contributed by atoms with Crippen LogP contribution in [0.3, 0.4) is 0 Å². The van der Waals surface area contributed by atoms with Crippen molar-refractivity contribution < 1.29 is 85.7 Å². The maximum Gasteiger partial charge on any atom is 0.303 e. The van der Waals surface area contributed by atoms with Gasteiger partial charge in [-0.25, -0.2) is 4.98 Å². The molecule has 6 rings (SSSR count). The highest BCUT2D eigenvalue weighted by Crippen LogP contribution is 2.36. The molecule has 3 aromatic rings. The Morgan fingerprint density at radius 3 is 1.69 bits per heavy atom. The van der Waals surface area contributed by atoms with Crippen molar-refractivity contribution in [2.24, 2.45) is 0 Å². The summed E-state index contributed by atoms with van der Waals surface area (Å²) in [6.07, 6.45) is -9.07. The van der Waals surface area contributed by atoms with E-state index in [1.54, 1.807) is 30.6 Å². The van der Waals surface area contributed by atoms with Gasteiger partial charge in [0, 0.05) is 60.2 Å². The van der Waals surface area contributed by atoms with Gasteiger partial charge in [-0.15, -0.1) is 0 Å². The number of fused-ring (bicyclic) bond motifs is 1. The molecule has 0 unspecified atom stereocenters. The highest BCUT2D eigenvalue weighted by atomic mass is 16.8. The van der Waals surface area contributed by atoms with Crippen LogP contribution >= 0.6 is 0 Å². The lowest BCUT2D eigenvalue weighted by Gasteiger charge is -2.48. The molecule has 0 radical (unpaired) electrons. The third-order valence-corrected chi connectivity index (χ3v) is 10.5. The van der Waals surface area contributed by atoms with Gasteiger partial charge < -0.3 is 67.7 Å². The van der Waals surface area contributed by atoms with E-state index < -0.39 is 116 Å². The summed E-state index contributed by atoms with van der Waals surface area (Å²) in [5, 5.41) is 6.71. The van der Waals surface area contributed by atoms with Crippen LogP contribution in [0.2, 0.25) is 0 Å². The van der Waals surface area contributed by atoms with Crippen molar-refractivity contribution in [1.29, 1.82) is 0 Å². The molecule has 24 heteroatoms. The van der Waals surface area contributed by atoms with Gasteiger partial charge in [0.25, 0.3) is 0 Å². The van der Waals surface area contributed by atoms with E-state index in [4.69, 9.17) is 57.1 Å². The van der Waals surface area contributed by atoms with Crippen LogP contribution in [0.15, 0.2) is 30.6 Å². The van der Waals surface area contributed by atoms with Gasteiger partial charge in [-0.05, 0) is 37.1 Å². The molecule has 1 aliphatic carbocycles. The minimum absolute atomic E-state index is 0.169. The number of hydrogen-bond donors (Lipinski definition) is 3. The van der Waals surface area contributed by atoms with Gasteiger partial charge in [-0.1, -0.05) is 19.3 Å². The third-order valence-electron chi connectivity index (χ3n) is 10.5. The summed E-state index contributed by atoms with van der Waals surface area (Å²) >= 11 is 0. The number of rotatable bonds is 17. The number of hydrogen-bond acceptors (Lipinski definition) is 23. The molecule has 2 aliphatic heterocycles. The Labute approximate surface area is 383 Å². The summed E-state index contributed by atoms with van der Waals surface area (Å²) in [4.78, 5) is 104. The van der Waals surface area contributed by atoms with Gasteiger partial charge in [0.05, 0.1) is 6.33 Å². The number of carbonyl (C=O) groups is 7. The van der Waals surface area contributed by atoms with Crippen molar-refractivity contribution in [3.05, 3.63) is 30.6 Å². The molecule has 24 nitrogen and oxygen atoms in total. The van der Waals surface area contributed by atoms with E-state index in [2.05, 4.69) is 25.6 Å². The number of carbonyl (C=O) groups excluding carboxylic acids is 7. The van der Waals surface area contributed by atoms with Crippen molar-refractivity contribution in [1.82, 2.24) is 19.9 Å². The highest BCUT2D eigenvalue weighted by molar-refractivity contribution is 5.84. The van der Waals surface area contributed by atoms with Crippen LogP contribution in [-0.2, 0) is 80.9 Å². The molecule has 1 saturated carbocycles. The van der Waals surface area contributed by atoms with Crippen LogP contribution in [0.4, 0.5) is 17.5 Å². The fourth-order valence-corrected chi connectivity index (χ4v) is 7.88. The zero-order valence-corrected chi connectivity index (χ0v) is 37.9. The smallest absolute Gasteiger partial charge is 0.303 e. The van der Waals surface area contributed by atoms with Crippen LogP contribution in [0, 0.1) is 0 Å². The molecule has 3 aliphatic rings. The molecule has 67 heavy (non-hydrogen) atoms. The van der Waals surface area contributed by atoms with Crippen molar-refractivity contribution in [3.8, 4) is 5.75 Å². The first-order chi connectivity index (χ1) is 31.9. The molecule has 2 aromatic heterocycles. The normalized spacial score (nSPS) is 26.3. The van der Waals surface area contributed by atoms with E-state index in [0.717, 1.165) is 74.1 Å². The zero-order valence-electron chi connectivity index (χ0n) is 37.9. The second kappa shape index (κ2) is 22.7.